The lowest BCUT2D eigenvalue weighted by Crippen LogP contribution is -2.37. The number of aryl methyl sites for hydroxylation is 1. The van der Waals surface area contributed by atoms with Crippen LogP contribution in [0.5, 0.6) is 0 Å². The first-order valence-corrected chi connectivity index (χ1v) is 22.1. The van der Waals surface area contributed by atoms with Gasteiger partial charge in [0.1, 0.15) is 30.3 Å². The lowest BCUT2D eigenvalue weighted by Gasteiger charge is -2.28. The maximum atomic E-state index is 13.7. The van der Waals surface area contributed by atoms with E-state index in [1.807, 2.05) is 18.2 Å². The minimum absolute atomic E-state index is 0.0325. The molecule has 64 heavy (non-hydrogen) atoms. The molecule has 0 spiro atoms. The number of imidazole rings is 1. The average Bonchev–Trinajstić information content (AvgIpc) is 4.16. The van der Waals surface area contributed by atoms with E-state index in [2.05, 4.69) is 54.5 Å². The molecule has 7 heterocycles. The summed E-state index contributed by atoms with van der Waals surface area (Å²) in [6.45, 7) is 3.77. The zero-order chi connectivity index (χ0) is 44.9. The molecule has 3 unspecified atom stereocenters. The molecule has 0 radical (unpaired) electrons. The minimum Gasteiger partial charge on any atom is -0.374 e. The van der Waals surface area contributed by atoms with Crippen LogP contribution in [0.4, 0.5) is 20.3 Å². The van der Waals surface area contributed by atoms with Crippen molar-refractivity contribution in [1.82, 2.24) is 43.7 Å². The number of para-hydroxylation sites is 1. The number of aldehydes is 1. The molecule has 3 aliphatic heterocycles. The minimum atomic E-state index is -2.79. The topological polar surface area (TPSA) is 175 Å². The number of carbonyl (C=O) groups is 3. The molecule has 4 aromatic heterocycles. The van der Waals surface area contributed by atoms with Crippen LogP contribution < -0.4 is 21.2 Å². The van der Waals surface area contributed by atoms with E-state index in [-0.39, 0.29) is 60.0 Å². The summed E-state index contributed by atoms with van der Waals surface area (Å²) in [4.78, 5) is 58.6. The molecule has 1 aliphatic carbocycles. The molecule has 2 N–H and O–H groups in total. The second kappa shape index (κ2) is 19.8. The van der Waals surface area contributed by atoms with Gasteiger partial charge in [0.2, 0.25) is 5.91 Å². The molecule has 1 aromatic carbocycles. The lowest BCUT2D eigenvalue weighted by atomic mass is 9.96. The van der Waals surface area contributed by atoms with Crippen LogP contribution in [0.3, 0.4) is 0 Å². The molecule has 19 heteroatoms. The smallest absolute Gasteiger partial charge is 0.329 e. The fourth-order valence-electron chi connectivity index (χ4n) is 9.40. The van der Waals surface area contributed by atoms with Crippen molar-refractivity contribution in [3.05, 3.63) is 70.2 Å². The van der Waals surface area contributed by atoms with Crippen LogP contribution in [0.2, 0.25) is 0 Å². The van der Waals surface area contributed by atoms with Crippen molar-refractivity contribution < 1.29 is 32.6 Å². The van der Waals surface area contributed by atoms with Gasteiger partial charge in [-0.3, -0.25) is 23.4 Å². The highest BCUT2D eigenvalue weighted by Crippen LogP contribution is 2.34. The Morgan fingerprint density at radius 1 is 1.08 bits per heavy atom. The number of alkyl halides is 2. The zero-order valence-corrected chi connectivity index (χ0v) is 36.4. The van der Waals surface area contributed by atoms with Gasteiger partial charge in [0.15, 0.2) is 11.3 Å². The summed E-state index contributed by atoms with van der Waals surface area (Å²) >= 11 is 0. The predicted octanol–water partition coefficient (Wildman–Crippen LogP) is 4.67. The van der Waals surface area contributed by atoms with Crippen molar-refractivity contribution in [3.8, 4) is 11.8 Å². The Kier molecular flexibility index (Phi) is 13.8. The summed E-state index contributed by atoms with van der Waals surface area (Å²) in [5.74, 6) is 6.11. The van der Waals surface area contributed by atoms with Gasteiger partial charge in [0.25, 0.3) is 12.3 Å². The summed E-state index contributed by atoms with van der Waals surface area (Å²) in [5.41, 5.74) is 1.90. The molecule has 17 nitrogen and oxygen atoms in total. The number of morpholine rings is 1. The second-order valence-corrected chi connectivity index (χ2v) is 17.0. The Morgan fingerprint density at radius 3 is 2.62 bits per heavy atom. The average molecular weight is 884 g/mol. The summed E-state index contributed by atoms with van der Waals surface area (Å²) in [7, 11) is 5.28. The molecule has 4 aliphatic rings. The van der Waals surface area contributed by atoms with E-state index in [4.69, 9.17) is 9.47 Å². The molecule has 2 bridgehead atoms. The van der Waals surface area contributed by atoms with Crippen LogP contribution in [0.15, 0.2) is 47.7 Å². The third kappa shape index (κ3) is 9.45. The Bertz CT molecular complexity index is 2600. The quantitative estimate of drug-likeness (QED) is 0.132. The van der Waals surface area contributed by atoms with Crippen molar-refractivity contribution in [3.63, 3.8) is 0 Å². The maximum Gasteiger partial charge on any atom is 0.329 e. The summed E-state index contributed by atoms with van der Waals surface area (Å²) in [6.07, 6.45) is 11.7. The Labute approximate surface area is 369 Å². The normalized spacial score (nSPS) is 20.5. The number of hydrogen-bond acceptors (Lipinski definition) is 11. The van der Waals surface area contributed by atoms with Gasteiger partial charge in [-0.25, -0.2) is 23.1 Å². The second-order valence-electron chi connectivity index (χ2n) is 17.0. The van der Waals surface area contributed by atoms with E-state index in [0.717, 1.165) is 83.1 Å². The third-order valence-corrected chi connectivity index (χ3v) is 12.7. The molecule has 340 valence electrons. The molecule has 3 saturated heterocycles. The number of halogens is 2. The first-order chi connectivity index (χ1) is 31.0. The number of hydrogen-bond donors (Lipinski definition) is 2. The number of nitrogens with zero attached hydrogens (tertiary/aromatic N) is 9. The van der Waals surface area contributed by atoms with E-state index in [1.165, 1.54) is 33.1 Å². The molecular weight excluding hydrogens is 829 g/mol. The van der Waals surface area contributed by atoms with E-state index in [0.29, 0.717) is 35.5 Å². The number of anilines is 2. The SMILES string of the molecule is CNC(=O)C(CCC=O)n1c(=O)n(C)c2c(C#CCOC3CCCN(C)C3)cccc21.O=C(Nc1cn(C2CCCCC2)nc1C(F)F)c1cnn2ccc(N3C[C@H]4CC3CO4)nc12. The monoisotopic (exact) mass is 883 g/mol. The number of rotatable bonds is 12. The number of ether oxygens (including phenoxy) is 2. The summed E-state index contributed by atoms with van der Waals surface area (Å²) in [5, 5.41) is 13.6. The number of likely N-dealkylation sites (tertiary alicyclic amines) is 1. The molecule has 5 aromatic rings. The van der Waals surface area contributed by atoms with E-state index in [9.17, 15) is 28.0 Å². The number of amides is 2. The molecule has 1 saturated carbocycles. The van der Waals surface area contributed by atoms with Crippen LogP contribution in [-0.2, 0) is 26.1 Å². The van der Waals surface area contributed by atoms with Crippen molar-refractivity contribution in [1.29, 1.82) is 0 Å². The van der Waals surface area contributed by atoms with Crippen LogP contribution in [0.1, 0.15) is 104 Å². The van der Waals surface area contributed by atoms with Crippen LogP contribution in [0, 0.1) is 11.8 Å². The Balaban J connectivity index is 0.000000176. The first kappa shape index (κ1) is 44.6. The fraction of sp³-hybridized carbons (Fsp3) is 0.533. The third-order valence-electron chi connectivity index (χ3n) is 12.7. The van der Waals surface area contributed by atoms with Crippen LogP contribution in [0.25, 0.3) is 16.7 Å². The number of benzene rings is 1. The van der Waals surface area contributed by atoms with Crippen molar-refractivity contribution in [2.75, 3.05) is 57.2 Å². The summed E-state index contributed by atoms with van der Waals surface area (Å²) < 4.78 is 45.0. The number of fused-ring (bicyclic) bond motifs is 4. The molecule has 4 atom stereocenters. The fourth-order valence-corrected chi connectivity index (χ4v) is 9.40. The van der Waals surface area contributed by atoms with Gasteiger partial charge < -0.3 is 34.7 Å². The first-order valence-electron chi connectivity index (χ1n) is 22.1. The van der Waals surface area contributed by atoms with E-state index >= 15 is 0 Å². The Hall–Kier alpha value is -5.97. The van der Waals surface area contributed by atoms with E-state index < -0.39 is 24.1 Å². The van der Waals surface area contributed by atoms with Gasteiger partial charge in [-0.1, -0.05) is 37.2 Å². The molecule has 2 amide bonds. The Morgan fingerprint density at radius 2 is 1.91 bits per heavy atom. The van der Waals surface area contributed by atoms with Crippen molar-refractivity contribution in [2.45, 2.75) is 101 Å². The highest BCUT2D eigenvalue weighted by Gasteiger charge is 2.40. The number of likely N-dealkylation sites (N-methyl/N-ethyl adjacent to an activating group) is 2. The van der Waals surface area contributed by atoms with Gasteiger partial charge in [0, 0.05) is 46.0 Å². The van der Waals surface area contributed by atoms with Crippen molar-refractivity contribution in [2.24, 2.45) is 7.05 Å². The largest absolute Gasteiger partial charge is 0.374 e. The highest BCUT2D eigenvalue weighted by molar-refractivity contribution is 6.08. The van der Waals surface area contributed by atoms with Gasteiger partial charge in [-0.15, -0.1) is 0 Å². The van der Waals surface area contributed by atoms with Gasteiger partial charge in [-0.05, 0) is 70.3 Å². The van der Waals surface area contributed by atoms with Crippen LogP contribution in [-0.4, -0.2) is 122 Å². The van der Waals surface area contributed by atoms with Gasteiger partial charge in [0.05, 0.1) is 59.4 Å². The summed E-state index contributed by atoms with van der Waals surface area (Å²) in [6, 6.07) is 6.94. The predicted molar refractivity (Wildman–Crippen MR) is 235 cm³/mol. The number of aromatic nitrogens is 7. The highest BCUT2D eigenvalue weighted by atomic mass is 19.3. The number of piperidine rings is 1. The number of carbonyl (C=O) groups excluding carboxylic acids is 3. The molecular formula is C45H55F2N11O6. The zero-order valence-electron chi connectivity index (χ0n) is 36.4. The van der Waals surface area contributed by atoms with Crippen LogP contribution >= 0.6 is 0 Å². The molecule has 9 rings (SSSR count). The van der Waals surface area contributed by atoms with Gasteiger partial charge in [-0.2, -0.15) is 10.2 Å². The van der Waals surface area contributed by atoms with Gasteiger partial charge >= 0.3 is 5.69 Å². The lowest BCUT2D eigenvalue weighted by molar-refractivity contribution is -0.124. The number of nitrogens with one attached hydrogen (secondary N) is 2. The van der Waals surface area contributed by atoms with E-state index in [1.54, 1.807) is 24.0 Å². The molecule has 4 fully saturated rings. The maximum absolute atomic E-state index is 13.7. The standard InChI is InChI=1S/C23H30N4O4.C22H25F2N7O2/c1-24-22(29)20(12-6-14-28)27-19-11-4-8-17(21(19)26(3)23(27)30)9-7-15-31-18-10-5-13-25(2)16-18;23-20(24)19-17(11-31(28-19)13-4-2-1-3-5-13)26-22(32)16-9-25-30-7-6-18(27-21(16)30)29-10-15-8-14(29)12-33-15/h4,8,11,14,18,20H,5-6,10,12-13,15-16H2,1-3H3,(H,24,29);6-7,9,11,13-15,20H,1-5,8,10,12H2,(H,26,32)/t;14?,15-/m.1/s1. The van der Waals surface area contributed by atoms with Crippen molar-refractivity contribution >= 4 is 46.3 Å².